The highest BCUT2D eigenvalue weighted by Crippen LogP contribution is 2.60. The number of hydrogen-bond donors (Lipinski definition) is 2. The van der Waals surface area contributed by atoms with E-state index in [9.17, 15) is 9.59 Å². The molecule has 0 radical (unpaired) electrons. The Hall–Kier alpha value is -1.06. The summed E-state index contributed by atoms with van der Waals surface area (Å²) in [6.07, 6.45) is 14.9. The standard InChI is InChI=1S/2C11H17NO/c2*12-10(13)11-4-7-1-8(5-11)3-9(2-7)6-11/h2*7-9H,1-6H2,(H2,12,13). The fourth-order valence-electron chi connectivity index (χ4n) is 8.82. The van der Waals surface area contributed by atoms with Crippen molar-refractivity contribution in [2.45, 2.75) is 77.0 Å². The summed E-state index contributed by atoms with van der Waals surface area (Å²) in [7, 11) is 0. The summed E-state index contributed by atoms with van der Waals surface area (Å²) in [6.45, 7) is 0. The van der Waals surface area contributed by atoms with Crippen LogP contribution in [0.5, 0.6) is 0 Å². The van der Waals surface area contributed by atoms with Gasteiger partial charge in [-0.3, -0.25) is 9.59 Å². The molecule has 0 unspecified atom stereocenters. The second-order valence-electron chi connectivity index (χ2n) is 11.1. The molecular weight excluding hydrogens is 324 g/mol. The third-order valence-corrected chi connectivity index (χ3v) is 9.12. The van der Waals surface area contributed by atoms with E-state index in [0.717, 1.165) is 74.0 Å². The molecule has 8 aliphatic carbocycles. The van der Waals surface area contributed by atoms with Crippen LogP contribution in [0.3, 0.4) is 0 Å². The molecule has 2 amide bonds. The van der Waals surface area contributed by atoms with Crippen LogP contribution < -0.4 is 11.5 Å². The zero-order valence-electron chi connectivity index (χ0n) is 15.9. The van der Waals surface area contributed by atoms with E-state index in [-0.39, 0.29) is 22.6 Å². The maximum Gasteiger partial charge on any atom is 0.223 e. The van der Waals surface area contributed by atoms with Crippen molar-refractivity contribution < 1.29 is 9.59 Å². The molecule has 0 atom stereocenters. The summed E-state index contributed by atoms with van der Waals surface area (Å²) in [4.78, 5) is 23.0. The number of carbonyl (C=O) groups is 2. The van der Waals surface area contributed by atoms with Crippen LogP contribution in [0.25, 0.3) is 0 Å². The molecule has 4 N–H and O–H groups in total. The lowest BCUT2D eigenvalue weighted by Gasteiger charge is -2.55. The summed E-state index contributed by atoms with van der Waals surface area (Å²) in [5.74, 6) is 4.98. The van der Waals surface area contributed by atoms with E-state index < -0.39 is 0 Å². The van der Waals surface area contributed by atoms with Crippen LogP contribution in [-0.4, -0.2) is 11.8 Å². The largest absolute Gasteiger partial charge is 0.369 e. The van der Waals surface area contributed by atoms with Crippen LogP contribution in [0.4, 0.5) is 0 Å². The lowest BCUT2D eigenvalue weighted by Crippen LogP contribution is -2.52. The predicted octanol–water partition coefficient (Wildman–Crippen LogP) is 3.38. The second kappa shape index (κ2) is 5.72. The average molecular weight is 359 g/mol. The summed E-state index contributed by atoms with van der Waals surface area (Å²) in [6, 6.07) is 0. The summed E-state index contributed by atoms with van der Waals surface area (Å²) < 4.78 is 0. The predicted molar refractivity (Wildman–Crippen MR) is 99.6 cm³/mol. The van der Waals surface area contributed by atoms with E-state index in [1.54, 1.807) is 0 Å². The molecule has 0 aliphatic heterocycles. The molecular formula is C22H34N2O2. The number of nitrogens with two attached hydrogens (primary N) is 2. The van der Waals surface area contributed by atoms with Gasteiger partial charge < -0.3 is 11.5 Å². The maximum absolute atomic E-state index is 11.5. The Kier molecular flexibility index (Phi) is 3.75. The van der Waals surface area contributed by atoms with E-state index in [1.165, 1.54) is 38.5 Å². The van der Waals surface area contributed by atoms with Gasteiger partial charge in [-0.1, -0.05) is 0 Å². The molecule has 8 bridgehead atoms. The monoisotopic (exact) mass is 358 g/mol. The Balaban J connectivity index is 0.000000115. The zero-order valence-corrected chi connectivity index (χ0v) is 15.9. The molecule has 0 aromatic rings. The van der Waals surface area contributed by atoms with Gasteiger partial charge in [0.05, 0.1) is 0 Å². The number of amides is 2. The van der Waals surface area contributed by atoms with Crippen molar-refractivity contribution in [1.82, 2.24) is 0 Å². The van der Waals surface area contributed by atoms with Crippen molar-refractivity contribution in [2.75, 3.05) is 0 Å². The zero-order chi connectivity index (χ0) is 18.1. The number of rotatable bonds is 2. The van der Waals surface area contributed by atoms with Crippen LogP contribution in [0.15, 0.2) is 0 Å². The second-order valence-corrected chi connectivity index (χ2v) is 11.1. The first-order valence-corrected chi connectivity index (χ1v) is 11.0. The van der Waals surface area contributed by atoms with Gasteiger partial charge in [-0.25, -0.2) is 0 Å². The first-order valence-electron chi connectivity index (χ1n) is 11.0. The van der Waals surface area contributed by atoms with Crippen LogP contribution in [0.1, 0.15) is 77.0 Å². The van der Waals surface area contributed by atoms with Crippen LogP contribution in [0, 0.1) is 46.3 Å². The van der Waals surface area contributed by atoms with Crippen molar-refractivity contribution in [3.8, 4) is 0 Å². The molecule has 8 rings (SSSR count). The van der Waals surface area contributed by atoms with Gasteiger partial charge in [0.1, 0.15) is 0 Å². The molecule has 0 saturated heterocycles. The van der Waals surface area contributed by atoms with E-state index >= 15 is 0 Å². The van der Waals surface area contributed by atoms with Crippen LogP contribution in [0.2, 0.25) is 0 Å². The molecule has 26 heavy (non-hydrogen) atoms. The van der Waals surface area contributed by atoms with Gasteiger partial charge in [0.15, 0.2) is 0 Å². The quantitative estimate of drug-likeness (QED) is 0.793. The lowest BCUT2D eigenvalue weighted by atomic mass is 9.49. The van der Waals surface area contributed by atoms with Gasteiger partial charge in [-0.05, 0) is 113 Å². The van der Waals surface area contributed by atoms with Gasteiger partial charge in [0.2, 0.25) is 11.8 Å². The Labute approximate surface area is 156 Å². The van der Waals surface area contributed by atoms with E-state index in [1.807, 2.05) is 0 Å². The Bertz CT molecular complexity index is 501. The van der Waals surface area contributed by atoms with Gasteiger partial charge in [0.25, 0.3) is 0 Å². The molecule has 8 aliphatic rings. The van der Waals surface area contributed by atoms with Crippen molar-refractivity contribution in [3.05, 3.63) is 0 Å². The normalized spacial score (nSPS) is 52.5. The van der Waals surface area contributed by atoms with Crippen molar-refractivity contribution >= 4 is 11.8 Å². The fourth-order valence-corrected chi connectivity index (χ4v) is 8.82. The van der Waals surface area contributed by atoms with Crippen molar-refractivity contribution in [3.63, 3.8) is 0 Å². The molecule has 144 valence electrons. The highest BCUT2D eigenvalue weighted by molar-refractivity contribution is 5.81. The third kappa shape index (κ3) is 2.62. The molecule has 0 spiro atoms. The average Bonchev–Trinajstić information content (AvgIpc) is 2.52. The molecule has 0 heterocycles. The minimum atomic E-state index is -0.0608. The Morgan fingerprint density at radius 2 is 0.692 bits per heavy atom. The topological polar surface area (TPSA) is 86.2 Å². The number of carbonyl (C=O) groups excluding carboxylic acids is 2. The van der Waals surface area contributed by atoms with Crippen molar-refractivity contribution in [1.29, 1.82) is 0 Å². The van der Waals surface area contributed by atoms with E-state index in [4.69, 9.17) is 11.5 Å². The number of hydrogen-bond acceptors (Lipinski definition) is 2. The highest BCUT2D eigenvalue weighted by atomic mass is 16.1. The number of primary amides is 2. The summed E-state index contributed by atoms with van der Waals surface area (Å²) >= 11 is 0. The van der Waals surface area contributed by atoms with Gasteiger partial charge in [-0.15, -0.1) is 0 Å². The summed E-state index contributed by atoms with van der Waals surface area (Å²) in [5.41, 5.74) is 11.0. The fraction of sp³-hybridized carbons (Fsp3) is 0.909. The molecule has 4 nitrogen and oxygen atoms in total. The highest BCUT2D eigenvalue weighted by Gasteiger charge is 2.54. The van der Waals surface area contributed by atoms with Crippen LogP contribution in [-0.2, 0) is 9.59 Å². The van der Waals surface area contributed by atoms with Gasteiger partial charge in [0, 0.05) is 10.8 Å². The minimum absolute atomic E-state index is 0.00778. The van der Waals surface area contributed by atoms with Crippen LogP contribution >= 0.6 is 0 Å². The minimum Gasteiger partial charge on any atom is -0.369 e. The Morgan fingerprint density at radius 3 is 0.846 bits per heavy atom. The maximum atomic E-state index is 11.5. The SMILES string of the molecule is NC(=O)C12CC3CC(CC(C3)C1)C2.NC(=O)C12CC3CC(CC(C3)C1)C2. The molecule has 0 aromatic heterocycles. The molecule has 4 heteroatoms. The molecule has 0 aromatic carbocycles. The van der Waals surface area contributed by atoms with Gasteiger partial charge in [-0.2, -0.15) is 0 Å². The van der Waals surface area contributed by atoms with E-state index in [2.05, 4.69) is 0 Å². The van der Waals surface area contributed by atoms with Crippen molar-refractivity contribution in [2.24, 2.45) is 57.8 Å². The Morgan fingerprint density at radius 1 is 0.500 bits per heavy atom. The lowest BCUT2D eigenvalue weighted by molar-refractivity contribution is -0.143. The smallest absolute Gasteiger partial charge is 0.223 e. The first-order chi connectivity index (χ1) is 12.4. The van der Waals surface area contributed by atoms with Gasteiger partial charge >= 0.3 is 0 Å². The molecule has 8 fully saturated rings. The first kappa shape index (κ1) is 17.1. The van der Waals surface area contributed by atoms with E-state index in [0.29, 0.717) is 0 Å². The summed E-state index contributed by atoms with van der Waals surface area (Å²) in [5, 5.41) is 0. The molecule has 8 saturated carbocycles. The third-order valence-electron chi connectivity index (χ3n) is 9.12.